The molecule has 0 spiro atoms. The molecule has 1 heterocycles. The molecule has 0 radical (unpaired) electrons. The fraction of sp³-hybridized carbons (Fsp3) is 0.200. The third kappa shape index (κ3) is 3.04. The normalized spacial score (nSPS) is 10.1. The van der Waals surface area contributed by atoms with Gasteiger partial charge < -0.3 is 10.1 Å². The van der Waals surface area contributed by atoms with Gasteiger partial charge in [0.25, 0.3) is 0 Å². The fourth-order valence-electron chi connectivity index (χ4n) is 1.32. The van der Waals surface area contributed by atoms with Crippen LogP contribution in [0, 0.1) is 0 Å². The first kappa shape index (κ1) is 12.5. The highest BCUT2D eigenvalue weighted by Crippen LogP contribution is 2.26. The van der Waals surface area contributed by atoms with Crippen molar-refractivity contribution in [3.8, 4) is 5.75 Å². The van der Waals surface area contributed by atoms with Gasteiger partial charge in [-0.3, -0.25) is 4.79 Å². The number of benzene rings is 1. The number of amides is 1. The monoisotopic (exact) mass is 311 g/mol. The number of anilines is 1. The van der Waals surface area contributed by atoms with E-state index >= 15 is 0 Å². The maximum absolute atomic E-state index is 11.7. The van der Waals surface area contributed by atoms with Crippen molar-refractivity contribution in [2.75, 3.05) is 12.4 Å². The van der Waals surface area contributed by atoms with Crippen LogP contribution in [-0.4, -0.2) is 33.2 Å². The average Bonchev–Trinajstić information content (AvgIpc) is 2.84. The lowest BCUT2D eigenvalue weighted by Gasteiger charge is -2.08. The SMILES string of the molecule is COc1ccc(Br)c(NC(=O)Cn2cnnn2)c1. The summed E-state index contributed by atoms with van der Waals surface area (Å²) >= 11 is 3.35. The van der Waals surface area contributed by atoms with Crippen LogP contribution in [0.25, 0.3) is 0 Å². The Morgan fingerprint density at radius 3 is 3.06 bits per heavy atom. The molecule has 1 amide bonds. The Balaban J connectivity index is 2.06. The first-order chi connectivity index (χ1) is 8.69. The van der Waals surface area contributed by atoms with Crippen LogP contribution in [-0.2, 0) is 11.3 Å². The maximum atomic E-state index is 11.7. The minimum atomic E-state index is -0.226. The van der Waals surface area contributed by atoms with E-state index in [0.29, 0.717) is 11.4 Å². The van der Waals surface area contributed by atoms with E-state index < -0.39 is 0 Å². The fourth-order valence-corrected chi connectivity index (χ4v) is 1.66. The van der Waals surface area contributed by atoms with E-state index in [4.69, 9.17) is 4.74 Å². The van der Waals surface area contributed by atoms with Gasteiger partial charge >= 0.3 is 0 Å². The molecule has 2 rings (SSSR count). The van der Waals surface area contributed by atoms with Crippen molar-refractivity contribution < 1.29 is 9.53 Å². The molecule has 0 aliphatic rings. The zero-order chi connectivity index (χ0) is 13.0. The number of hydrogen-bond acceptors (Lipinski definition) is 5. The Labute approximate surface area is 111 Å². The van der Waals surface area contributed by atoms with Gasteiger partial charge in [0.15, 0.2) is 0 Å². The van der Waals surface area contributed by atoms with E-state index in [-0.39, 0.29) is 12.5 Å². The second-order valence-electron chi connectivity index (χ2n) is 3.40. The van der Waals surface area contributed by atoms with Gasteiger partial charge in [-0.2, -0.15) is 0 Å². The number of nitrogens with zero attached hydrogens (tertiary/aromatic N) is 4. The molecule has 1 aromatic heterocycles. The summed E-state index contributed by atoms with van der Waals surface area (Å²) in [5, 5.41) is 13.3. The Kier molecular flexibility index (Phi) is 3.88. The van der Waals surface area contributed by atoms with Crippen LogP contribution in [0.2, 0.25) is 0 Å². The summed E-state index contributed by atoms with van der Waals surface area (Å²) in [6.07, 6.45) is 1.38. The van der Waals surface area contributed by atoms with Crippen LogP contribution in [0.3, 0.4) is 0 Å². The van der Waals surface area contributed by atoms with Gasteiger partial charge in [0.1, 0.15) is 18.6 Å². The molecule has 0 aliphatic heterocycles. The molecule has 18 heavy (non-hydrogen) atoms. The first-order valence-corrected chi connectivity index (χ1v) is 5.82. The number of tetrazole rings is 1. The molecule has 0 aliphatic carbocycles. The maximum Gasteiger partial charge on any atom is 0.246 e. The van der Waals surface area contributed by atoms with Crippen molar-refractivity contribution in [3.05, 3.63) is 29.0 Å². The van der Waals surface area contributed by atoms with Crippen molar-refractivity contribution in [1.29, 1.82) is 0 Å². The van der Waals surface area contributed by atoms with Crippen LogP contribution < -0.4 is 10.1 Å². The third-order valence-corrected chi connectivity index (χ3v) is 2.84. The van der Waals surface area contributed by atoms with Gasteiger partial charge in [-0.1, -0.05) is 0 Å². The summed E-state index contributed by atoms with van der Waals surface area (Å²) in [5.41, 5.74) is 0.632. The molecule has 0 atom stereocenters. The van der Waals surface area contributed by atoms with E-state index in [0.717, 1.165) is 4.47 Å². The number of carbonyl (C=O) groups is 1. The Bertz CT molecular complexity index is 543. The number of nitrogens with one attached hydrogen (secondary N) is 1. The van der Waals surface area contributed by atoms with Gasteiger partial charge in [0.05, 0.1) is 12.8 Å². The smallest absolute Gasteiger partial charge is 0.246 e. The summed E-state index contributed by atoms with van der Waals surface area (Å²) in [4.78, 5) is 11.7. The molecular formula is C10H10BrN5O2. The van der Waals surface area contributed by atoms with E-state index in [1.807, 2.05) is 0 Å². The molecular weight excluding hydrogens is 302 g/mol. The van der Waals surface area contributed by atoms with Crippen LogP contribution in [0.1, 0.15) is 0 Å². The standard InChI is InChI=1S/C10H10BrN5O2/c1-18-7-2-3-8(11)9(4-7)13-10(17)5-16-6-12-14-15-16/h2-4,6H,5H2,1H3,(H,13,17). The molecule has 1 aromatic carbocycles. The van der Waals surface area contributed by atoms with E-state index in [1.165, 1.54) is 11.0 Å². The number of aromatic nitrogens is 4. The second kappa shape index (κ2) is 5.58. The van der Waals surface area contributed by atoms with Gasteiger partial charge in [-0.25, -0.2) is 4.68 Å². The molecule has 7 nitrogen and oxygen atoms in total. The lowest BCUT2D eigenvalue weighted by molar-refractivity contribution is -0.116. The Morgan fingerprint density at radius 1 is 1.56 bits per heavy atom. The zero-order valence-electron chi connectivity index (χ0n) is 9.50. The first-order valence-electron chi connectivity index (χ1n) is 5.03. The van der Waals surface area contributed by atoms with E-state index in [9.17, 15) is 4.79 Å². The van der Waals surface area contributed by atoms with Crippen molar-refractivity contribution in [2.24, 2.45) is 0 Å². The molecule has 0 bridgehead atoms. The van der Waals surface area contributed by atoms with Gasteiger partial charge in [-0.15, -0.1) is 5.10 Å². The predicted molar refractivity (Wildman–Crippen MR) is 67.1 cm³/mol. The molecule has 0 saturated heterocycles. The van der Waals surface area contributed by atoms with Gasteiger partial charge in [-0.05, 0) is 38.5 Å². The number of rotatable bonds is 4. The quantitative estimate of drug-likeness (QED) is 0.913. The van der Waals surface area contributed by atoms with Crippen LogP contribution >= 0.6 is 15.9 Å². The van der Waals surface area contributed by atoms with Crippen molar-refractivity contribution in [3.63, 3.8) is 0 Å². The van der Waals surface area contributed by atoms with Crippen molar-refractivity contribution in [2.45, 2.75) is 6.54 Å². The number of halogens is 1. The van der Waals surface area contributed by atoms with Gasteiger partial charge in [0, 0.05) is 10.5 Å². The van der Waals surface area contributed by atoms with E-state index in [2.05, 4.69) is 36.8 Å². The largest absolute Gasteiger partial charge is 0.497 e. The number of hydrogen-bond donors (Lipinski definition) is 1. The van der Waals surface area contributed by atoms with Crippen molar-refractivity contribution in [1.82, 2.24) is 20.2 Å². The van der Waals surface area contributed by atoms with E-state index in [1.54, 1.807) is 25.3 Å². The second-order valence-corrected chi connectivity index (χ2v) is 4.26. The highest BCUT2D eigenvalue weighted by Gasteiger charge is 2.08. The molecule has 0 fully saturated rings. The molecule has 8 heteroatoms. The third-order valence-electron chi connectivity index (χ3n) is 2.14. The van der Waals surface area contributed by atoms with Crippen LogP contribution in [0.15, 0.2) is 29.0 Å². The minimum Gasteiger partial charge on any atom is -0.497 e. The Hall–Kier alpha value is -1.96. The molecule has 1 N–H and O–H groups in total. The molecule has 94 valence electrons. The van der Waals surface area contributed by atoms with Gasteiger partial charge in [0.2, 0.25) is 5.91 Å². The van der Waals surface area contributed by atoms with Crippen molar-refractivity contribution >= 4 is 27.5 Å². The average molecular weight is 312 g/mol. The minimum absolute atomic E-state index is 0.0522. The number of methoxy groups -OCH3 is 1. The highest BCUT2D eigenvalue weighted by atomic mass is 79.9. The number of carbonyl (C=O) groups excluding carboxylic acids is 1. The zero-order valence-corrected chi connectivity index (χ0v) is 11.1. The molecule has 2 aromatic rings. The topological polar surface area (TPSA) is 81.9 Å². The Morgan fingerprint density at radius 2 is 2.39 bits per heavy atom. The predicted octanol–water partition coefficient (Wildman–Crippen LogP) is 1.08. The van der Waals surface area contributed by atoms with Crippen LogP contribution in [0.5, 0.6) is 5.75 Å². The lowest BCUT2D eigenvalue weighted by atomic mass is 10.3. The molecule has 0 unspecified atom stereocenters. The summed E-state index contributed by atoms with van der Waals surface area (Å²) in [6.45, 7) is 0.0522. The summed E-state index contributed by atoms with van der Waals surface area (Å²) in [7, 11) is 1.57. The molecule has 0 saturated carbocycles. The summed E-state index contributed by atoms with van der Waals surface area (Å²) < 4.78 is 7.20. The summed E-state index contributed by atoms with van der Waals surface area (Å²) in [6, 6.07) is 5.31. The summed E-state index contributed by atoms with van der Waals surface area (Å²) in [5.74, 6) is 0.437. The highest BCUT2D eigenvalue weighted by molar-refractivity contribution is 9.10. The van der Waals surface area contributed by atoms with Crippen LogP contribution in [0.4, 0.5) is 5.69 Å². The lowest BCUT2D eigenvalue weighted by Crippen LogP contribution is -2.19. The number of ether oxygens (including phenoxy) is 1.